The highest BCUT2D eigenvalue weighted by Crippen LogP contribution is 2.33. The molecule has 0 aromatic carbocycles. The number of hydrogen-bond acceptors (Lipinski definition) is 4. The van der Waals surface area contributed by atoms with Gasteiger partial charge >= 0.3 is 0 Å². The molecule has 4 nitrogen and oxygen atoms in total. The highest BCUT2D eigenvalue weighted by atomic mass is 16.3. The van der Waals surface area contributed by atoms with E-state index in [1.54, 1.807) is 0 Å². The van der Waals surface area contributed by atoms with Gasteiger partial charge in [-0.25, -0.2) is 0 Å². The van der Waals surface area contributed by atoms with Gasteiger partial charge in [0.2, 0.25) is 0 Å². The lowest BCUT2D eigenvalue weighted by molar-refractivity contribution is -0.124. The first-order valence-corrected chi connectivity index (χ1v) is 4.31. The van der Waals surface area contributed by atoms with E-state index in [1.165, 1.54) is 0 Å². The fraction of sp³-hybridized carbons (Fsp3) is 0.875. The molecule has 12 heavy (non-hydrogen) atoms. The van der Waals surface area contributed by atoms with Crippen LogP contribution in [0, 0.1) is 4.91 Å². The molecule has 0 amide bonds. The molecule has 0 spiro atoms. The summed E-state index contributed by atoms with van der Waals surface area (Å²) in [4.78, 5) is 23.8. The molecule has 66 valence electrons. The molecule has 0 saturated carbocycles. The SMILES string of the molecule is CN1C2CCC1C(N=O)C(=O)C2. The van der Waals surface area contributed by atoms with Gasteiger partial charge in [0.05, 0.1) is 0 Å². The van der Waals surface area contributed by atoms with Crippen molar-refractivity contribution in [3.63, 3.8) is 0 Å². The van der Waals surface area contributed by atoms with Gasteiger partial charge in [-0.3, -0.25) is 9.69 Å². The smallest absolute Gasteiger partial charge is 0.165 e. The molecule has 0 aromatic heterocycles. The summed E-state index contributed by atoms with van der Waals surface area (Å²) in [5.41, 5.74) is 0. The Bertz CT molecular complexity index is 229. The van der Waals surface area contributed by atoms with Gasteiger partial charge in [0.15, 0.2) is 11.8 Å². The Balaban J connectivity index is 2.25. The Morgan fingerprint density at radius 2 is 2.25 bits per heavy atom. The zero-order valence-electron chi connectivity index (χ0n) is 7.06. The van der Waals surface area contributed by atoms with Gasteiger partial charge < -0.3 is 0 Å². The van der Waals surface area contributed by atoms with Crippen LogP contribution in [-0.2, 0) is 4.79 Å². The van der Waals surface area contributed by atoms with Gasteiger partial charge in [-0.1, -0.05) is 5.18 Å². The van der Waals surface area contributed by atoms with Crippen LogP contribution in [0.4, 0.5) is 0 Å². The van der Waals surface area contributed by atoms with E-state index < -0.39 is 6.04 Å². The summed E-state index contributed by atoms with van der Waals surface area (Å²) >= 11 is 0. The summed E-state index contributed by atoms with van der Waals surface area (Å²) in [5, 5.41) is 2.92. The summed E-state index contributed by atoms with van der Waals surface area (Å²) in [5.74, 6) is 0.0376. The van der Waals surface area contributed by atoms with Crippen LogP contribution in [-0.4, -0.2) is 35.9 Å². The van der Waals surface area contributed by atoms with E-state index in [1.807, 2.05) is 7.05 Å². The topological polar surface area (TPSA) is 49.7 Å². The average Bonchev–Trinajstić information content (AvgIpc) is 2.34. The van der Waals surface area contributed by atoms with Gasteiger partial charge in [0, 0.05) is 18.5 Å². The number of fused-ring (bicyclic) bond motifs is 2. The summed E-state index contributed by atoms with van der Waals surface area (Å²) in [7, 11) is 1.98. The molecular weight excluding hydrogens is 156 g/mol. The molecule has 2 rings (SSSR count). The van der Waals surface area contributed by atoms with Crippen LogP contribution < -0.4 is 0 Å². The number of likely N-dealkylation sites (N-methyl/N-ethyl adjacent to an activating group) is 1. The van der Waals surface area contributed by atoms with Gasteiger partial charge in [-0.15, -0.1) is 4.91 Å². The van der Waals surface area contributed by atoms with Crippen LogP contribution >= 0.6 is 0 Å². The van der Waals surface area contributed by atoms with Crippen molar-refractivity contribution in [1.82, 2.24) is 4.90 Å². The zero-order chi connectivity index (χ0) is 8.72. The number of carbonyl (C=O) groups excluding carboxylic acids is 1. The predicted octanol–water partition coefficient (Wildman–Crippen LogP) is 0.557. The van der Waals surface area contributed by atoms with E-state index in [0.29, 0.717) is 12.5 Å². The number of Topliss-reactive ketones (excluding diaryl/α,β-unsaturated/α-hetero) is 1. The summed E-state index contributed by atoms with van der Waals surface area (Å²) in [6.07, 6.45) is 2.51. The molecular formula is C8H12N2O2. The Kier molecular flexibility index (Phi) is 1.72. The lowest BCUT2D eigenvalue weighted by Crippen LogP contribution is -2.49. The van der Waals surface area contributed by atoms with E-state index in [0.717, 1.165) is 12.8 Å². The molecule has 3 atom stereocenters. The standard InChI is InChI=1S/C8H12N2O2/c1-10-5-2-3-6(10)8(9-12)7(11)4-5/h5-6,8H,2-4H2,1H3. The highest BCUT2D eigenvalue weighted by molar-refractivity contribution is 5.86. The number of rotatable bonds is 1. The molecule has 0 radical (unpaired) electrons. The van der Waals surface area contributed by atoms with Gasteiger partial charge in [-0.2, -0.15) is 0 Å². The molecule has 0 aliphatic carbocycles. The first-order chi connectivity index (χ1) is 5.74. The molecule has 0 aromatic rings. The van der Waals surface area contributed by atoms with Gasteiger partial charge in [-0.05, 0) is 19.9 Å². The fourth-order valence-corrected chi connectivity index (χ4v) is 2.36. The zero-order valence-corrected chi connectivity index (χ0v) is 7.06. The minimum atomic E-state index is -0.589. The second-order valence-corrected chi connectivity index (χ2v) is 3.68. The van der Waals surface area contributed by atoms with Crippen LogP contribution in [0.3, 0.4) is 0 Å². The summed E-state index contributed by atoms with van der Waals surface area (Å²) < 4.78 is 0. The van der Waals surface area contributed by atoms with E-state index in [-0.39, 0.29) is 11.8 Å². The van der Waals surface area contributed by atoms with Crippen LogP contribution in [0.1, 0.15) is 19.3 Å². The molecule has 2 aliphatic heterocycles. The summed E-state index contributed by atoms with van der Waals surface area (Å²) in [6.45, 7) is 0. The molecule has 2 fully saturated rings. The Hall–Kier alpha value is -0.770. The van der Waals surface area contributed by atoms with Crippen molar-refractivity contribution < 1.29 is 4.79 Å². The first kappa shape index (κ1) is 7.86. The van der Waals surface area contributed by atoms with Crippen molar-refractivity contribution in [3.05, 3.63) is 4.91 Å². The summed E-state index contributed by atoms with van der Waals surface area (Å²) in [6, 6.07) is -0.122. The minimum Gasteiger partial charge on any atom is -0.297 e. The van der Waals surface area contributed by atoms with Crippen molar-refractivity contribution in [2.75, 3.05) is 7.05 Å². The Morgan fingerprint density at radius 1 is 1.50 bits per heavy atom. The third kappa shape index (κ3) is 0.909. The second kappa shape index (κ2) is 2.62. The van der Waals surface area contributed by atoms with Gasteiger partial charge in [0.25, 0.3) is 0 Å². The average molecular weight is 168 g/mol. The van der Waals surface area contributed by atoms with Crippen molar-refractivity contribution in [2.45, 2.75) is 37.4 Å². The molecule has 3 unspecified atom stereocenters. The van der Waals surface area contributed by atoms with Crippen molar-refractivity contribution >= 4 is 5.78 Å². The van der Waals surface area contributed by atoms with Gasteiger partial charge in [0.1, 0.15) is 0 Å². The van der Waals surface area contributed by atoms with E-state index in [9.17, 15) is 9.70 Å². The lowest BCUT2D eigenvalue weighted by Gasteiger charge is -2.32. The van der Waals surface area contributed by atoms with E-state index in [4.69, 9.17) is 0 Å². The Labute approximate surface area is 70.9 Å². The number of ketones is 1. The maximum atomic E-state index is 11.3. The maximum Gasteiger partial charge on any atom is 0.165 e. The number of carbonyl (C=O) groups is 1. The van der Waals surface area contributed by atoms with Crippen molar-refractivity contribution in [1.29, 1.82) is 0 Å². The normalized spacial score (nSPS) is 41.8. The van der Waals surface area contributed by atoms with E-state index in [2.05, 4.69) is 10.1 Å². The monoisotopic (exact) mass is 168 g/mol. The van der Waals surface area contributed by atoms with Crippen molar-refractivity contribution in [3.8, 4) is 0 Å². The second-order valence-electron chi connectivity index (χ2n) is 3.68. The molecule has 2 heterocycles. The largest absolute Gasteiger partial charge is 0.297 e. The third-order valence-corrected chi connectivity index (χ3v) is 3.14. The molecule has 2 aliphatic rings. The number of nitroso groups, excluding NO2 is 1. The van der Waals surface area contributed by atoms with Crippen LogP contribution in [0.25, 0.3) is 0 Å². The van der Waals surface area contributed by atoms with Crippen LogP contribution in [0.2, 0.25) is 0 Å². The number of nitrogens with zero attached hydrogens (tertiary/aromatic N) is 2. The number of hydrogen-bond donors (Lipinski definition) is 0. The quantitative estimate of drug-likeness (QED) is 0.537. The number of piperidine rings is 1. The molecule has 4 heteroatoms. The predicted molar refractivity (Wildman–Crippen MR) is 43.8 cm³/mol. The van der Waals surface area contributed by atoms with Crippen LogP contribution in [0.5, 0.6) is 0 Å². The van der Waals surface area contributed by atoms with Crippen molar-refractivity contribution in [2.24, 2.45) is 5.18 Å². The highest BCUT2D eigenvalue weighted by Gasteiger charge is 2.45. The van der Waals surface area contributed by atoms with E-state index >= 15 is 0 Å². The lowest BCUT2D eigenvalue weighted by atomic mass is 9.97. The van der Waals surface area contributed by atoms with Crippen LogP contribution in [0.15, 0.2) is 5.18 Å². The minimum absolute atomic E-state index is 0.0376. The molecule has 2 saturated heterocycles. The third-order valence-electron chi connectivity index (χ3n) is 3.14. The molecule has 2 bridgehead atoms. The maximum absolute atomic E-state index is 11.3. The fourth-order valence-electron chi connectivity index (χ4n) is 2.36. The first-order valence-electron chi connectivity index (χ1n) is 4.31. The Morgan fingerprint density at radius 3 is 2.92 bits per heavy atom. The molecule has 0 N–H and O–H groups in total.